The summed E-state index contributed by atoms with van der Waals surface area (Å²) in [6.45, 7) is 1.70. The van der Waals surface area contributed by atoms with Crippen molar-refractivity contribution in [3.63, 3.8) is 0 Å². The van der Waals surface area contributed by atoms with E-state index in [4.69, 9.17) is 4.74 Å². The molecule has 0 aliphatic heterocycles. The molecule has 0 N–H and O–H groups in total. The largest absolute Gasteiger partial charge is 0.462 e. The van der Waals surface area contributed by atoms with E-state index < -0.39 is 35.0 Å². The number of nitrogens with zero attached hydrogens (tertiary/aromatic N) is 2. The van der Waals surface area contributed by atoms with E-state index in [1.54, 1.807) is 6.92 Å². The standard InChI is InChI=1S/C17H11BrF6N2O2/c1-2-28-15(27)13(18)6-12-7-25-8-14(26-12)9-3-10(16(19,20)21)5-11(4-9)17(22,23)24/h3-8H,2H2,1H3/b13-6+. The molecule has 0 atom stereocenters. The van der Waals surface area contributed by atoms with Crippen LogP contribution < -0.4 is 0 Å². The van der Waals surface area contributed by atoms with Gasteiger partial charge in [0.2, 0.25) is 0 Å². The first-order chi connectivity index (χ1) is 12.9. The van der Waals surface area contributed by atoms with Gasteiger partial charge in [0, 0.05) is 5.56 Å². The number of hydrogen-bond acceptors (Lipinski definition) is 4. The Balaban J connectivity index is 2.53. The lowest BCUT2D eigenvalue weighted by Crippen LogP contribution is -2.11. The molecule has 0 unspecified atom stereocenters. The smallest absolute Gasteiger partial charge is 0.416 e. The molecule has 0 fully saturated rings. The number of benzene rings is 1. The Bertz CT molecular complexity index is 877. The molecule has 1 aromatic carbocycles. The number of halogens is 7. The zero-order valence-electron chi connectivity index (χ0n) is 14.0. The lowest BCUT2D eigenvalue weighted by molar-refractivity contribution is -0.143. The van der Waals surface area contributed by atoms with Crippen LogP contribution in [0.2, 0.25) is 0 Å². The molecule has 0 bridgehead atoms. The van der Waals surface area contributed by atoms with Crippen molar-refractivity contribution < 1.29 is 35.9 Å². The molecule has 4 nitrogen and oxygen atoms in total. The van der Waals surface area contributed by atoms with Crippen molar-refractivity contribution in [1.29, 1.82) is 0 Å². The molecule has 2 aromatic rings. The SMILES string of the molecule is CCOC(=O)/C(Br)=C\c1cncc(-c2cc(C(F)(F)F)cc(C(F)(F)F)c2)n1. The van der Waals surface area contributed by atoms with Gasteiger partial charge in [-0.3, -0.25) is 4.98 Å². The third kappa shape index (κ3) is 5.54. The molecule has 1 aromatic heterocycles. The van der Waals surface area contributed by atoms with E-state index in [1.165, 1.54) is 12.3 Å². The summed E-state index contributed by atoms with van der Waals surface area (Å²) in [7, 11) is 0. The Morgan fingerprint density at radius 3 is 2.14 bits per heavy atom. The number of aromatic nitrogens is 2. The van der Waals surface area contributed by atoms with E-state index in [-0.39, 0.29) is 28.5 Å². The Kier molecular flexibility index (Phi) is 6.48. The molecule has 0 saturated heterocycles. The lowest BCUT2D eigenvalue weighted by atomic mass is 10.0. The van der Waals surface area contributed by atoms with Crippen LogP contribution in [-0.4, -0.2) is 22.5 Å². The maximum absolute atomic E-state index is 13.0. The third-order valence-corrected chi connectivity index (χ3v) is 3.83. The minimum atomic E-state index is -4.98. The van der Waals surface area contributed by atoms with Crippen LogP contribution in [0.1, 0.15) is 23.7 Å². The number of rotatable bonds is 4. The molecule has 150 valence electrons. The summed E-state index contributed by atoms with van der Waals surface area (Å²) in [6.07, 6.45) is -6.57. The van der Waals surface area contributed by atoms with Crippen LogP contribution in [0.15, 0.2) is 35.1 Å². The number of carbonyl (C=O) groups is 1. The zero-order chi connectivity index (χ0) is 21.1. The predicted octanol–water partition coefficient (Wildman–Crippen LogP) is 5.48. The molecule has 11 heteroatoms. The van der Waals surface area contributed by atoms with E-state index in [2.05, 4.69) is 25.9 Å². The lowest BCUT2D eigenvalue weighted by Gasteiger charge is -2.14. The molecule has 0 aliphatic carbocycles. The van der Waals surface area contributed by atoms with Gasteiger partial charge in [0.05, 0.1) is 41.5 Å². The van der Waals surface area contributed by atoms with Gasteiger partial charge in [-0.15, -0.1) is 0 Å². The first-order valence-corrected chi connectivity index (χ1v) is 8.37. The number of hydrogen-bond donors (Lipinski definition) is 0. The summed E-state index contributed by atoms with van der Waals surface area (Å²) in [6, 6.07) is 1.12. The van der Waals surface area contributed by atoms with Crippen LogP contribution in [0.4, 0.5) is 26.3 Å². The summed E-state index contributed by atoms with van der Waals surface area (Å²) < 4.78 is 82.7. The number of carbonyl (C=O) groups excluding carboxylic acids is 1. The minimum absolute atomic E-state index is 0.0258. The molecule has 28 heavy (non-hydrogen) atoms. The van der Waals surface area contributed by atoms with Crippen LogP contribution in [0.3, 0.4) is 0 Å². The monoisotopic (exact) mass is 468 g/mol. The quantitative estimate of drug-likeness (QED) is 0.338. The van der Waals surface area contributed by atoms with E-state index in [0.717, 1.165) is 6.20 Å². The highest BCUT2D eigenvalue weighted by Crippen LogP contribution is 2.38. The molecular weight excluding hydrogens is 458 g/mol. The highest BCUT2D eigenvalue weighted by Gasteiger charge is 2.37. The van der Waals surface area contributed by atoms with Gasteiger partial charge in [-0.1, -0.05) is 0 Å². The van der Waals surface area contributed by atoms with Crippen molar-refractivity contribution in [1.82, 2.24) is 9.97 Å². The number of alkyl halides is 6. The molecule has 0 radical (unpaired) electrons. The average Bonchev–Trinajstić information content (AvgIpc) is 2.60. The first-order valence-electron chi connectivity index (χ1n) is 7.58. The normalized spacial score (nSPS) is 12.8. The molecule has 0 spiro atoms. The molecule has 0 saturated carbocycles. The van der Waals surface area contributed by atoms with Gasteiger partial charge in [0.15, 0.2) is 0 Å². The zero-order valence-corrected chi connectivity index (χ0v) is 15.6. The summed E-state index contributed by atoms with van der Waals surface area (Å²) >= 11 is 2.96. The van der Waals surface area contributed by atoms with Crippen molar-refractivity contribution >= 4 is 28.0 Å². The second-order valence-electron chi connectivity index (χ2n) is 5.34. The number of ether oxygens (including phenoxy) is 1. The number of esters is 1. The summed E-state index contributed by atoms with van der Waals surface area (Å²) in [5, 5.41) is 0. The Labute approximate surface area is 163 Å². The maximum Gasteiger partial charge on any atom is 0.416 e. The van der Waals surface area contributed by atoms with Gasteiger partial charge in [-0.25, -0.2) is 9.78 Å². The van der Waals surface area contributed by atoms with E-state index >= 15 is 0 Å². The fourth-order valence-corrected chi connectivity index (χ4v) is 2.43. The Hall–Kier alpha value is -2.43. The molecular formula is C17H11BrF6N2O2. The van der Waals surface area contributed by atoms with Crippen LogP contribution in [0.25, 0.3) is 17.3 Å². The van der Waals surface area contributed by atoms with Gasteiger partial charge in [-0.2, -0.15) is 26.3 Å². The van der Waals surface area contributed by atoms with Crippen molar-refractivity contribution in [2.24, 2.45) is 0 Å². The molecule has 2 rings (SSSR count). The summed E-state index contributed by atoms with van der Waals surface area (Å²) in [5.74, 6) is -0.715. The van der Waals surface area contributed by atoms with Crippen molar-refractivity contribution in [3.8, 4) is 11.3 Å². The van der Waals surface area contributed by atoms with E-state index in [9.17, 15) is 31.1 Å². The fourth-order valence-electron chi connectivity index (χ4n) is 2.08. The summed E-state index contributed by atoms with van der Waals surface area (Å²) in [4.78, 5) is 19.3. The Morgan fingerprint density at radius 2 is 1.64 bits per heavy atom. The third-order valence-electron chi connectivity index (χ3n) is 3.28. The van der Waals surface area contributed by atoms with Gasteiger partial charge in [-0.05, 0) is 47.1 Å². The van der Waals surface area contributed by atoms with Gasteiger partial charge < -0.3 is 4.74 Å². The second kappa shape index (κ2) is 8.29. The van der Waals surface area contributed by atoms with E-state index in [1.807, 2.05) is 0 Å². The van der Waals surface area contributed by atoms with Crippen molar-refractivity contribution in [2.75, 3.05) is 6.61 Å². The van der Waals surface area contributed by atoms with Crippen LogP contribution in [-0.2, 0) is 21.9 Å². The Morgan fingerprint density at radius 1 is 1.07 bits per heavy atom. The van der Waals surface area contributed by atoms with Crippen molar-refractivity contribution in [2.45, 2.75) is 19.3 Å². The second-order valence-corrected chi connectivity index (χ2v) is 6.19. The topological polar surface area (TPSA) is 52.1 Å². The van der Waals surface area contributed by atoms with E-state index in [0.29, 0.717) is 12.1 Å². The highest BCUT2D eigenvalue weighted by molar-refractivity contribution is 9.12. The minimum Gasteiger partial charge on any atom is -0.462 e. The average molecular weight is 469 g/mol. The maximum atomic E-state index is 13.0. The van der Waals surface area contributed by atoms with Crippen LogP contribution in [0.5, 0.6) is 0 Å². The predicted molar refractivity (Wildman–Crippen MR) is 91.0 cm³/mol. The summed E-state index contributed by atoms with van der Waals surface area (Å²) in [5.41, 5.74) is -3.55. The molecule has 1 heterocycles. The van der Waals surface area contributed by atoms with Gasteiger partial charge in [0.25, 0.3) is 0 Å². The van der Waals surface area contributed by atoms with Gasteiger partial charge >= 0.3 is 18.3 Å². The first kappa shape index (κ1) is 21.9. The molecule has 0 amide bonds. The van der Waals surface area contributed by atoms with Crippen LogP contribution >= 0.6 is 15.9 Å². The van der Waals surface area contributed by atoms with Crippen LogP contribution in [0, 0.1) is 0 Å². The fraction of sp³-hybridized carbons (Fsp3) is 0.235. The highest BCUT2D eigenvalue weighted by atomic mass is 79.9. The van der Waals surface area contributed by atoms with Gasteiger partial charge in [0.1, 0.15) is 4.48 Å². The molecule has 0 aliphatic rings. The van der Waals surface area contributed by atoms with Crippen molar-refractivity contribution in [3.05, 3.63) is 51.9 Å².